The molecule has 0 saturated carbocycles. The number of aryl methyl sites for hydroxylation is 1. The van der Waals surface area contributed by atoms with Gasteiger partial charge in [-0.25, -0.2) is 17.8 Å². The van der Waals surface area contributed by atoms with E-state index in [2.05, 4.69) is 19.8 Å². The number of hydrogen-bond acceptors (Lipinski definition) is 6. The van der Waals surface area contributed by atoms with Crippen molar-refractivity contribution in [3.05, 3.63) is 30.5 Å². The Morgan fingerprint density at radius 2 is 1.65 bits per heavy atom. The molecule has 0 aliphatic heterocycles. The highest BCUT2D eigenvalue weighted by atomic mass is 32.2. The van der Waals surface area contributed by atoms with E-state index in [1.54, 1.807) is 13.8 Å². The van der Waals surface area contributed by atoms with Crippen molar-refractivity contribution in [1.82, 2.24) is 19.7 Å². The minimum Gasteiger partial charge on any atom is -0.278 e. The second-order valence-electron chi connectivity index (χ2n) is 5.10. The highest BCUT2D eigenvalue weighted by molar-refractivity contribution is 7.92. The van der Waals surface area contributed by atoms with Crippen LogP contribution in [0.3, 0.4) is 0 Å². The van der Waals surface area contributed by atoms with Crippen LogP contribution < -0.4 is 9.44 Å². The lowest BCUT2D eigenvalue weighted by Gasteiger charge is -2.11. The molecule has 1 aromatic carbocycles. The predicted octanol–water partition coefficient (Wildman–Crippen LogP) is 0.303. The van der Waals surface area contributed by atoms with Crippen LogP contribution in [0.4, 0.5) is 5.69 Å². The topological polar surface area (TPSA) is 123 Å². The number of benzene rings is 1. The summed E-state index contributed by atoms with van der Waals surface area (Å²) in [6, 6.07) is 5.15. The third-order valence-electron chi connectivity index (χ3n) is 2.76. The molecule has 2 aromatic rings. The third-order valence-corrected chi connectivity index (χ3v) is 5.86. The molecule has 0 aliphatic rings. The van der Waals surface area contributed by atoms with Crippen LogP contribution in [-0.4, -0.2) is 37.9 Å². The summed E-state index contributed by atoms with van der Waals surface area (Å²) in [6.45, 7) is 3.42. The number of rotatable bonds is 6. The van der Waals surface area contributed by atoms with Gasteiger partial charge in [0.15, 0.2) is 5.03 Å². The van der Waals surface area contributed by atoms with Crippen LogP contribution in [-0.2, 0) is 27.1 Å². The monoisotopic (exact) mass is 359 g/mol. The summed E-state index contributed by atoms with van der Waals surface area (Å²) in [7, 11) is -6.01. The lowest BCUT2D eigenvalue weighted by molar-refractivity contribution is 0.570. The Hall–Kier alpha value is -1.98. The normalized spacial score (nSPS) is 12.5. The van der Waals surface area contributed by atoms with Gasteiger partial charge < -0.3 is 0 Å². The van der Waals surface area contributed by atoms with Gasteiger partial charge in [0.25, 0.3) is 10.0 Å². The Morgan fingerprint density at radius 3 is 2.13 bits per heavy atom. The van der Waals surface area contributed by atoms with E-state index in [0.717, 1.165) is 10.9 Å². The van der Waals surface area contributed by atoms with Crippen LogP contribution in [0.2, 0.25) is 0 Å². The lowest BCUT2D eigenvalue weighted by atomic mass is 10.3. The molecule has 23 heavy (non-hydrogen) atoms. The molecule has 2 rings (SSSR count). The van der Waals surface area contributed by atoms with Gasteiger partial charge >= 0.3 is 0 Å². The Balaban J connectivity index is 2.23. The maximum Gasteiger partial charge on any atom is 0.280 e. The zero-order valence-corrected chi connectivity index (χ0v) is 14.4. The molecule has 9 nitrogen and oxygen atoms in total. The van der Waals surface area contributed by atoms with Crippen molar-refractivity contribution in [2.24, 2.45) is 7.05 Å². The van der Waals surface area contributed by atoms with Crippen molar-refractivity contribution in [2.75, 3.05) is 4.72 Å². The van der Waals surface area contributed by atoms with Crippen molar-refractivity contribution in [2.45, 2.75) is 29.8 Å². The molecule has 2 N–H and O–H groups in total. The van der Waals surface area contributed by atoms with Crippen LogP contribution in [0.1, 0.15) is 13.8 Å². The van der Waals surface area contributed by atoms with Crippen LogP contribution in [0.15, 0.2) is 40.4 Å². The van der Waals surface area contributed by atoms with E-state index < -0.39 is 20.0 Å². The van der Waals surface area contributed by atoms with E-state index in [1.807, 2.05) is 0 Å². The highest BCUT2D eigenvalue weighted by Crippen LogP contribution is 2.17. The van der Waals surface area contributed by atoms with E-state index in [9.17, 15) is 16.8 Å². The number of aromatic nitrogens is 3. The second-order valence-corrected chi connectivity index (χ2v) is 8.44. The van der Waals surface area contributed by atoms with Crippen LogP contribution in [0.25, 0.3) is 0 Å². The third kappa shape index (κ3) is 4.06. The SMILES string of the molecule is CC(C)NS(=O)(=O)c1ccc(NS(=O)(=O)c2cnnn2C)cc1. The Kier molecular flexibility index (Phi) is 4.73. The van der Waals surface area contributed by atoms with Gasteiger partial charge in [0.2, 0.25) is 10.0 Å². The smallest absolute Gasteiger partial charge is 0.278 e. The molecule has 0 bridgehead atoms. The minimum atomic E-state index is -3.85. The zero-order valence-electron chi connectivity index (χ0n) is 12.8. The molecule has 0 aliphatic carbocycles. The van der Waals surface area contributed by atoms with Gasteiger partial charge in [-0.1, -0.05) is 5.21 Å². The van der Waals surface area contributed by atoms with Crippen LogP contribution in [0, 0.1) is 0 Å². The highest BCUT2D eigenvalue weighted by Gasteiger charge is 2.20. The molecule has 0 amide bonds. The molecule has 1 heterocycles. The number of nitrogens with zero attached hydrogens (tertiary/aromatic N) is 3. The Labute approximate surface area is 134 Å². The molecular formula is C12H17N5O4S2. The maximum atomic E-state index is 12.2. The number of nitrogens with one attached hydrogen (secondary N) is 2. The molecule has 0 atom stereocenters. The van der Waals surface area contributed by atoms with Crippen molar-refractivity contribution < 1.29 is 16.8 Å². The van der Waals surface area contributed by atoms with Crippen LogP contribution >= 0.6 is 0 Å². The van der Waals surface area contributed by atoms with Gasteiger partial charge in [0.05, 0.1) is 11.1 Å². The van der Waals surface area contributed by atoms with Crippen molar-refractivity contribution in [3.63, 3.8) is 0 Å². The van der Waals surface area contributed by atoms with Crippen molar-refractivity contribution >= 4 is 25.7 Å². The summed E-state index contributed by atoms with van der Waals surface area (Å²) < 4.78 is 54.2. The van der Waals surface area contributed by atoms with E-state index in [4.69, 9.17) is 0 Å². The van der Waals surface area contributed by atoms with E-state index in [-0.39, 0.29) is 21.7 Å². The van der Waals surface area contributed by atoms with Crippen molar-refractivity contribution in [3.8, 4) is 0 Å². The molecule has 0 saturated heterocycles. The van der Waals surface area contributed by atoms with Gasteiger partial charge in [-0.3, -0.25) is 4.72 Å². The number of hydrogen-bond donors (Lipinski definition) is 2. The summed E-state index contributed by atoms with van der Waals surface area (Å²) in [6.07, 6.45) is 1.12. The van der Waals surface area contributed by atoms with Crippen molar-refractivity contribution in [1.29, 1.82) is 0 Å². The quantitative estimate of drug-likeness (QED) is 0.765. The van der Waals surface area contributed by atoms with Gasteiger partial charge in [0.1, 0.15) is 0 Å². The summed E-state index contributed by atoms with van der Waals surface area (Å²) in [5.41, 5.74) is 0.231. The summed E-state index contributed by atoms with van der Waals surface area (Å²) in [5.74, 6) is 0. The fourth-order valence-corrected chi connectivity index (χ4v) is 4.18. The first-order chi connectivity index (χ1) is 10.6. The van der Waals surface area contributed by atoms with E-state index in [0.29, 0.717) is 0 Å². The maximum absolute atomic E-state index is 12.2. The van der Waals surface area contributed by atoms with Gasteiger partial charge in [-0.2, -0.15) is 8.42 Å². The summed E-state index contributed by atoms with van der Waals surface area (Å²) >= 11 is 0. The fraction of sp³-hybridized carbons (Fsp3) is 0.333. The van der Waals surface area contributed by atoms with E-state index >= 15 is 0 Å². The lowest BCUT2D eigenvalue weighted by Crippen LogP contribution is -2.30. The minimum absolute atomic E-state index is 0.0522. The first kappa shape index (κ1) is 17.4. The molecule has 0 spiro atoms. The molecular weight excluding hydrogens is 342 g/mol. The average Bonchev–Trinajstić information content (AvgIpc) is 2.84. The van der Waals surface area contributed by atoms with E-state index in [1.165, 1.54) is 31.3 Å². The zero-order chi connectivity index (χ0) is 17.3. The molecule has 0 radical (unpaired) electrons. The summed E-state index contributed by atoms with van der Waals surface area (Å²) in [4.78, 5) is 0.0522. The molecule has 0 unspecified atom stereocenters. The van der Waals surface area contributed by atoms with Crippen LogP contribution in [0.5, 0.6) is 0 Å². The average molecular weight is 359 g/mol. The molecule has 0 fully saturated rings. The van der Waals surface area contributed by atoms with Gasteiger partial charge in [-0.15, -0.1) is 5.10 Å². The van der Waals surface area contributed by atoms with Gasteiger partial charge in [-0.05, 0) is 38.1 Å². The first-order valence-corrected chi connectivity index (χ1v) is 9.58. The molecule has 11 heteroatoms. The standard InChI is InChI=1S/C12H17N5O4S2/c1-9(2)14-22(18,19)11-6-4-10(5-7-11)15-23(20,21)12-8-13-16-17(12)3/h4-9,14-15H,1-3H3. The summed E-state index contributed by atoms with van der Waals surface area (Å²) in [5, 5.41) is 6.97. The molecule has 126 valence electrons. The fourth-order valence-electron chi connectivity index (χ4n) is 1.81. The van der Waals surface area contributed by atoms with Gasteiger partial charge in [0, 0.05) is 18.8 Å². The Bertz CT molecular complexity index is 886. The second kappa shape index (κ2) is 6.26. The first-order valence-electron chi connectivity index (χ1n) is 6.62. The number of anilines is 1. The predicted molar refractivity (Wildman–Crippen MR) is 83.7 cm³/mol. The molecule has 1 aromatic heterocycles. The Morgan fingerprint density at radius 1 is 1.04 bits per heavy atom. The largest absolute Gasteiger partial charge is 0.280 e. The number of sulfonamides is 2.